The van der Waals surface area contributed by atoms with E-state index in [9.17, 15) is 4.39 Å². The predicted molar refractivity (Wildman–Crippen MR) is 118 cm³/mol. The highest BCUT2D eigenvalue weighted by Gasteiger charge is 2.20. The number of piperazine rings is 1. The van der Waals surface area contributed by atoms with Gasteiger partial charge in [0, 0.05) is 44.1 Å². The summed E-state index contributed by atoms with van der Waals surface area (Å²) in [6.45, 7) is 3.39. The lowest BCUT2D eigenvalue weighted by molar-refractivity contribution is 0.586. The molecule has 5 rings (SSSR count). The van der Waals surface area contributed by atoms with Gasteiger partial charge in [-0.05, 0) is 24.3 Å². The van der Waals surface area contributed by atoms with E-state index in [0.717, 1.165) is 49.1 Å². The average molecular weight is 437 g/mol. The zero-order chi connectivity index (χ0) is 21.2. The number of nitrogens with zero attached hydrogens (tertiary/aromatic N) is 6. The number of fused-ring (bicyclic) bond motifs is 1. The zero-order valence-electron chi connectivity index (χ0n) is 16.4. The molecule has 0 spiro atoms. The Hall–Kier alpha value is -3.43. The van der Waals surface area contributed by atoms with Crippen LogP contribution in [0.25, 0.3) is 22.3 Å². The fraction of sp³-hybridized carbons (Fsp3) is 0.190. The van der Waals surface area contributed by atoms with Crippen molar-refractivity contribution in [1.29, 1.82) is 0 Å². The van der Waals surface area contributed by atoms with Gasteiger partial charge < -0.3 is 15.5 Å². The van der Waals surface area contributed by atoms with Crippen LogP contribution in [0.1, 0.15) is 0 Å². The minimum Gasteiger partial charge on any atom is -0.353 e. The van der Waals surface area contributed by atoms with Crippen molar-refractivity contribution in [2.24, 2.45) is 0 Å². The third-order valence-electron chi connectivity index (χ3n) is 4.96. The molecule has 10 heteroatoms. The summed E-state index contributed by atoms with van der Waals surface area (Å²) in [7, 11) is 0. The molecule has 1 aliphatic heterocycles. The Kier molecular flexibility index (Phi) is 5.27. The van der Waals surface area contributed by atoms with E-state index < -0.39 is 5.82 Å². The van der Waals surface area contributed by atoms with Crippen molar-refractivity contribution in [1.82, 2.24) is 30.2 Å². The van der Waals surface area contributed by atoms with Crippen molar-refractivity contribution in [3.63, 3.8) is 0 Å². The second-order valence-corrected chi connectivity index (χ2v) is 7.45. The van der Waals surface area contributed by atoms with Gasteiger partial charge in [0.1, 0.15) is 23.3 Å². The van der Waals surface area contributed by atoms with Gasteiger partial charge in [-0.1, -0.05) is 11.6 Å². The summed E-state index contributed by atoms with van der Waals surface area (Å²) in [6.07, 6.45) is 6.12. The first-order chi connectivity index (χ1) is 15.2. The van der Waals surface area contributed by atoms with Crippen LogP contribution < -0.4 is 15.5 Å². The van der Waals surface area contributed by atoms with Gasteiger partial charge in [0.25, 0.3) is 0 Å². The van der Waals surface area contributed by atoms with Crippen LogP contribution in [0, 0.1) is 5.82 Å². The second kappa shape index (κ2) is 8.37. The number of anilines is 3. The topological polar surface area (TPSA) is 91.8 Å². The molecule has 0 radical (unpaired) electrons. The average Bonchev–Trinajstić information content (AvgIpc) is 2.81. The standard InChI is InChI=1S/C21H18ClFN8/c22-15-11-25-12-16-19(15)21(31-7-5-24-6-8-31)30-20(28-16)13-3-4-26-18(9-13)29-17-2-1-14(23)10-27-17/h1-4,9-12,24H,5-8H2,(H,26,27,29). The first-order valence-electron chi connectivity index (χ1n) is 9.79. The quantitative estimate of drug-likeness (QED) is 0.502. The van der Waals surface area contributed by atoms with Gasteiger partial charge >= 0.3 is 0 Å². The number of hydrogen-bond donors (Lipinski definition) is 2. The second-order valence-electron chi connectivity index (χ2n) is 7.04. The summed E-state index contributed by atoms with van der Waals surface area (Å²) < 4.78 is 13.1. The van der Waals surface area contributed by atoms with Crippen LogP contribution in [0.15, 0.2) is 49.1 Å². The van der Waals surface area contributed by atoms with Gasteiger partial charge in [0.15, 0.2) is 5.82 Å². The van der Waals surface area contributed by atoms with Gasteiger partial charge in [0.2, 0.25) is 0 Å². The maximum Gasteiger partial charge on any atom is 0.162 e. The highest BCUT2D eigenvalue weighted by molar-refractivity contribution is 6.36. The Morgan fingerprint density at radius 2 is 1.87 bits per heavy atom. The number of pyridine rings is 3. The largest absolute Gasteiger partial charge is 0.353 e. The molecule has 4 aromatic heterocycles. The van der Waals surface area contributed by atoms with Crippen LogP contribution in [0.4, 0.5) is 21.8 Å². The van der Waals surface area contributed by atoms with E-state index in [1.54, 1.807) is 24.7 Å². The molecule has 1 fully saturated rings. The minimum atomic E-state index is -0.399. The summed E-state index contributed by atoms with van der Waals surface area (Å²) in [5.74, 6) is 1.98. The van der Waals surface area contributed by atoms with Crippen LogP contribution in [-0.4, -0.2) is 51.1 Å². The summed E-state index contributed by atoms with van der Waals surface area (Å²) >= 11 is 6.47. The molecular formula is C21H18ClFN8. The van der Waals surface area contributed by atoms with Crippen molar-refractivity contribution in [2.75, 3.05) is 36.4 Å². The van der Waals surface area contributed by atoms with E-state index >= 15 is 0 Å². The van der Waals surface area contributed by atoms with Gasteiger partial charge in [-0.2, -0.15) is 0 Å². The first-order valence-corrected chi connectivity index (χ1v) is 10.2. The van der Waals surface area contributed by atoms with Crippen LogP contribution >= 0.6 is 11.6 Å². The molecule has 8 nitrogen and oxygen atoms in total. The summed E-state index contributed by atoms with van der Waals surface area (Å²) in [5, 5.41) is 7.74. The molecule has 0 atom stereocenters. The van der Waals surface area contributed by atoms with E-state index in [4.69, 9.17) is 21.6 Å². The first kappa shape index (κ1) is 19.5. The number of aromatic nitrogens is 5. The van der Waals surface area contributed by atoms with Crippen LogP contribution in [0.3, 0.4) is 0 Å². The summed E-state index contributed by atoms with van der Waals surface area (Å²) in [6, 6.07) is 6.55. The van der Waals surface area contributed by atoms with E-state index in [1.165, 1.54) is 6.07 Å². The fourth-order valence-electron chi connectivity index (χ4n) is 3.48. The number of nitrogens with one attached hydrogen (secondary N) is 2. The SMILES string of the molecule is Fc1ccc(Nc2cc(-c3nc(N4CCNCC4)c4c(Cl)cncc4n3)ccn2)nc1. The number of halogens is 2. The smallest absolute Gasteiger partial charge is 0.162 e. The molecule has 0 unspecified atom stereocenters. The van der Waals surface area contributed by atoms with Crippen molar-refractivity contribution in [3.8, 4) is 11.4 Å². The molecule has 156 valence electrons. The Labute approximate surface area is 182 Å². The molecule has 4 aromatic rings. The molecule has 2 N–H and O–H groups in total. The van der Waals surface area contributed by atoms with E-state index in [1.807, 2.05) is 12.1 Å². The molecular weight excluding hydrogens is 419 g/mol. The number of hydrogen-bond acceptors (Lipinski definition) is 8. The molecule has 1 saturated heterocycles. The van der Waals surface area contributed by atoms with Crippen molar-refractivity contribution < 1.29 is 4.39 Å². The van der Waals surface area contributed by atoms with Crippen molar-refractivity contribution >= 4 is 40.0 Å². The van der Waals surface area contributed by atoms with E-state index in [2.05, 4.69) is 30.5 Å². The van der Waals surface area contributed by atoms with Crippen molar-refractivity contribution in [2.45, 2.75) is 0 Å². The molecule has 31 heavy (non-hydrogen) atoms. The maximum absolute atomic E-state index is 13.1. The fourth-order valence-corrected chi connectivity index (χ4v) is 3.72. The monoisotopic (exact) mass is 436 g/mol. The molecule has 1 aliphatic rings. The van der Waals surface area contributed by atoms with Crippen LogP contribution in [0.5, 0.6) is 0 Å². The zero-order valence-corrected chi connectivity index (χ0v) is 17.1. The Bertz CT molecular complexity index is 1230. The Balaban J connectivity index is 1.56. The van der Waals surface area contributed by atoms with Gasteiger partial charge in [-0.3, -0.25) is 4.98 Å². The van der Waals surface area contributed by atoms with Crippen molar-refractivity contribution in [3.05, 3.63) is 59.9 Å². The van der Waals surface area contributed by atoms with Gasteiger partial charge in [0.05, 0.1) is 28.3 Å². The summed E-state index contributed by atoms with van der Waals surface area (Å²) in [5.41, 5.74) is 1.45. The predicted octanol–water partition coefficient (Wildman–Crippen LogP) is 3.43. The van der Waals surface area contributed by atoms with E-state index in [0.29, 0.717) is 28.0 Å². The molecule has 5 heterocycles. The highest BCUT2D eigenvalue weighted by Crippen LogP contribution is 2.32. The molecule has 0 aromatic carbocycles. The summed E-state index contributed by atoms with van der Waals surface area (Å²) in [4.78, 5) is 24.3. The molecule has 0 saturated carbocycles. The Morgan fingerprint density at radius 1 is 1.00 bits per heavy atom. The number of rotatable bonds is 4. The van der Waals surface area contributed by atoms with Crippen LogP contribution in [-0.2, 0) is 0 Å². The third-order valence-corrected chi connectivity index (χ3v) is 5.25. The lowest BCUT2D eigenvalue weighted by atomic mass is 10.2. The lowest BCUT2D eigenvalue weighted by Crippen LogP contribution is -2.44. The van der Waals surface area contributed by atoms with Gasteiger partial charge in [-0.25, -0.2) is 24.3 Å². The molecule has 0 amide bonds. The molecule has 0 aliphatic carbocycles. The Morgan fingerprint density at radius 3 is 2.68 bits per heavy atom. The van der Waals surface area contributed by atoms with Crippen LogP contribution in [0.2, 0.25) is 5.02 Å². The minimum absolute atomic E-state index is 0.399. The third kappa shape index (κ3) is 4.10. The highest BCUT2D eigenvalue weighted by atomic mass is 35.5. The normalized spacial score (nSPS) is 14.1. The lowest BCUT2D eigenvalue weighted by Gasteiger charge is -2.29. The maximum atomic E-state index is 13.1. The molecule has 0 bridgehead atoms. The van der Waals surface area contributed by atoms with E-state index in [-0.39, 0.29) is 0 Å². The van der Waals surface area contributed by atoms with Gasteiger partial charge in [-0.15, -0.1) is 0 Å².